The molecule has 29 heavy (non-hydrogen) atoms. The minimum Gasteiger partial charge on any atom is -0.610 e. The number of rotatable bonds is 4. The zero-order chi connectivity index (χ0) is 20.9. The van der Waals surface area contributed by atoms with Crippen LogP contribution in [0.15, 0.2) is 58.2 Å². The van der Waals surface area contributed by atoms with E-state index in [1.807, 2.05) is 31.2 Å². The van der Waals surface area contributed by atoms with E-state index in [0.717, 1.165) is 10.0 Å². The molecule has 1 aliphatic rings. The number of imidazole rings is 1. The van der Waals surface area contributed by atoms with Crippen molar-refractivity contribution < 1.29 is 9.35 Å². The maximum atomic E-state index is 13.7. The van der Waals surface area contributed by atoms with Crippen LogP contribution >= 0.6 is 39.1 Å². The van der Waals surface area contributed by atoms with E-state index in [1.165, 1.54) is 4.90 Å². The van der Waals surface area contributed by atoms with Crippen LogP contribution < -0.4 is 4.90 Å². The maximum absolute atomic E-state index is 13.7. The van der Waals surface area contributed by atoms with Gasteiger partial charge in [0.2, 0.25) is 11.0 Å². The van der Waals surface area contributed by atoms with Crippen LogP contribution in [0.1, 0.15) is 12.5 Å². The lowest BCUT2D eigenvalue weighted by atomic mass is 9.92. The van der Waals surface area contributed by atoms with Crippen LogP contribution in [0.5, 0.6) is 0 Å². The third kappa shape index (κ3) is 3.59. The van der Waals surface area contributed by atoms with Crippen molar-refractivity contribution in [1.29, 1.82) is 0 Å². The monoisotopic (exact) mass is 511 g/mol. The highest BCUT2D eigenvalue weighted by molar-refractivity contribution is 9.10. The zero-order valence-corrected chi connectivity index (χ0v) is 19.4. The van der Waals surface area contributed by atoms with Gasteiger partial charge in [0.25, 0.3) is 5.91 Å². The van der Waals surface area contributed by atoms with Gasteiger partial charge in [0.1, 0.15) is 18.0 Å². The fraction of sp³-hybridized carbons (Fsp3) is 0.200. The van der Waals surface area contributed by atoms with Gasteiger partial charge in [-0.1, -0.05) is 51.3 Å². The number of hydrogen-bond donors (Lipinski definition) is 0. The Morgan fingerprint density at radius 1 is 1.17 bits per heavy atom. The van der Waals surface area contributed by atoms with Crippen LogP contribution in [0.4, 0.5) is 11.6 Å². The second kappa shape index (κ2) is 7.63. The minimum absolute atomic E-state index is 0.187. The Bertz CT molecular complexity index is 1080. The molecule has 2 atom stereocenters. The highest BCUT2D eigenvalue weighted by atomic mass is 79.9. The Balaban J connectivity index is 1.87. The molecule has 0 radical (unpaired) electrons. The fourth-order valence-corrected chi connectivity index (χ4v) is 5.15. The number of fused-ring (bicyclic) bond motifs is 1. The van der Waals surface area contributed by atoms with Gasteiger partial charge in [-0.3, -0.25) is 9.36 Å². The van der Waals surface area contributed by atoms with Crippen molar-refractivity contribution in [3.05, 3.63) is 68.7 Å². The molecule has 1 unspecified atom stereocenters. The van der Waals surface area contributed by atoms with Crippen LogP contribution in [0.3, 0.4) is 0 Å². The van der Waals surface area contributed by atoms with Gasteiger partial charge in [-0.05, 0) is 42.8 Å². The Morgan fingerprint density at radius 2 is 1.79 bits per heavy atom. The summed E-state index contributed by atoms with van der Waals surface area (Å²) in [5.41, 5.74) is 0.491. The number of amides is 1. The Labute approximate surface area is 189 Å². The molecule has 2 aromatic carbocycles. The van der Waals surface area contributed by atoms with Crippen LogP contribution in [-0.2, 0) is 27.9 Å². The van der Waals surface area contributed by atoms with E-state index in [1.54, 1.807) is 35.2 Å². The lowest BCUT2D eigenvalue weighted by Crippen LogP contribution is -2.41. The molecule has 5 nitrogen and oxygen atoms in total. The largest absolute Gasteiger partial charge is 0.610 e. The van der Waals surface area contributed by atoms with E-state index in [-0.39, 0.29) is 5.91 Å². The topological polar surface area (TPSA) is 61.2 Å². The first-order valence-electron chi connectivity index (χ1n) is 8.67. The summed E-state index contributed by atoms with van der Waals surface area (Å²) >= 11 is 14.5. The van der Waals surface area contributed by atoms with Crippen molar-refractivity contribution >= 4 is 67.9 Å². The van der Waals surface area contributed by atoms with Crippen molar-refractivity contribution in [2.24, 2.45) is 0 Å². The van der Waals surface area contributed by atoms with E-state index in [9.17, 15) is 9.35 Å². The molecule has 0 bridgehead atoms. The Hall–Kier alpha value is -1.51. The SMILES string of the molecule is C[S+]([O-])c1cnc2n1[C@](C)(Cc1ccc(Br)cc1)C(=O)N2c1cc(Cl)cc(Cl)c1. The van der Waals surface area contributed by atoms with Gasteiger partial charge in [-0.2, -0.15) is 0 Å². The number of anilines is 2. The zero-order valence-electron chi connectivity index (χ0n) is 15.5. The molecule has 1 aliphatic heterocycles. The second-order valence-electron chi connectivity index (χ2n) is 7.03. The van der Waals surface area contributed by atoms with Gasteiger partial charge in [0.05, 0.1) is 5.69 Å². The summed E-state index contributed by atoms with van der Waals surface area (Å²) in [4.78, 5) is 19.6. The van der Waals surface area contributed by atoms with Crippen LogP contribution in [0.2, 0.25) is 10.0 Å². The highest BCUT2D eigenvalue weighted by Gasteiger charge is 2.51. The lowest BCUT2D eigenvalue weighted by Gasteiger charge is -2.26. The van der Waals surface area contributed by atoms with Crippen molar-refractivity contribution in [2.75, 3.05) is 11.2 Å². The Morgan fingerprint density at radius 3 is 2.38 bits per heavy atom. The predicted molar refractivity (Wildman–Crippen MR) is 120 cm³/mol. The lowest BCUT2D eigenvalue weighted by molar-refractivity contribution is -0.124. The van der Waals surface area contributed by atoms with E-state index >= 15 is 0 Å². The molecule has 0 saturated carbocycles. The molecule has 0 N–H and O–H groups in total. The number of carbonyl (C=O) groups excluding carboxylic acids is 1. The smallest absolute Gasteiger partial charge is 0.260 e. The molecule has 0 fully saturated rings. The minimum atomic E-state index is -1.32. The summed E-state index contributed by atoms with van der Waals surface area (Å²) in [6.45, 7) is 1.84. The summed E-state index contributed by atoms with van der Waals surface area (Å²) in [7, 11) is 0. The number of carbonyl (C=O) groups is 1. The summed E-state index contributed by atoms with van der Waals surface area (Å²) in [5, 5.41) is 1.32. The van der Waals surface area contributed by atoms with Gasteiger partial charge in [-0.15, -0.1) is 0 Å². The third-order valence-electron chi connectivity index (χ3n) is 4.93. The Kier molecular flexibility index (Phi) is 5.46. The van der Waals surface area contributed by atoms with E-state index in [0.29, 0.717) is 33.1 Å². The number of benzene rings is 2. The van der Waals surface area contributed by atoms with Gasteiger partial charge in [-0.25, -0.2) is 9.88 Å². The molecule has 0 saturated heterocycles. The summed E-state index contributed by atoms with van der Waals surface area (Å²) in [6, 6.07) is 12.7. The van der Waals surface area contributed by atoms with E-state index < -0.39 is 16.7 Å². The first-order valence-corrected chi connectivity index (χ1v) is 11.8. The van der Waals surface area contributed by atoms with Crippen LogP contribution in [0, 0.1) is 0 Å². The van der Waals surface area contributed by atoms with Gasteiger partial charge < -0.3 is 4.55 Å². The number of hydrogen-bond acceptors (Lipinski definition) is 3. The number of aromatic nitrogens is 2. The normalized spacial score (nSPS) is 19.5. The highest BCUT2D eigenvalue weighted by Crippen LogP contribution is 2.44. The standard InChI is InChI=1S/C20H16BrCl2N3O2S/c1-20(10-12-3-5-13(21)6-4-12)18(27)25(16-8-14(22)7-15(23)9-16)19-24-11-17(26(19)20)29(2)28/h3-9,11H,10H2,1-2H3/t20-,29?/m1/s1. The number of halogens is 3. The molecule has 1 amide bonds. The summed E-state index contributed by atoms with van der Waals surface area (Å²) in [6.07, 6.45) is 3.54. The second-order valence-corrected chi connectivity index (χ2v) is 10.1. The van der Waals surface area contributed by atoms with Gasteiger partial charge >= 0.3 is 0 Å². The van der Waals surface area contributed by atoms with E-state index in [4.69, 9.17) is 23.2 Å². The van der Waals surface area contributed by atoms with Gasteiger partial charge in [0.15, 0.2) is 0 Å². The molecule has 1 aromatic heterocycles. The van der Waals surface area contributed by atoms with Gasteiger partial charge in [0, 0.05) is 32.1 Å². The fourth-order valence-electron chi connectivity index (χ4n) is 3.63. The maximum Gasteiger partial charge on any atom is 0.260 e. The van der Waals surface area contributed by atoms with Crippen LogP contribution in [-0.4, -0.2) is 26.3 Å². The molecular weight excluding hydrogens is 497 g/mol. The first-order chi connectivity index (χ1) is 13.7. The predicted octanol–water partition coefficient (Wildman–Crippen LogP) is 5.33. The molecule has 0 aliphatic carbocycles. The summed E-state index contributed by atoms with van der Waals surface area (Å²) < 4.78 is 15.1. The van der Waals surface area contributed by atoms with Crippen molar-refractivity contribution in [3.8, 4) is 0 Å². The van der Waals surface area contributed by atoms with Crippen molar-refractivity contribution in [2.45, 2.75) is 23.9 Å². The van der Waals surface area contributed by atoms with Crippen molar-refractivity contribution in [3.63, 3.8) is 0 Å². The van der Waals surface area contributed by atoms with Crippen LogP contribution in [0.25, 0.3) is 0 Å². The average Bonchev–Trinajstić information content (AvgIpc) is 3.16. The molecule has 150 valence electrons. The molecule has 0 spiro atoms. The van der Waals surface area contributed by atoms with E-state index in [2.05, 4.69) is 20.9 Å². The first kappa shape index (κ1) is 20.8. The molecule has 3 aromatic rings. The molecule has 9 heteroatoms. The average molecular weight is 513 g/mol. The third-order valence-corrected chi connectivity index (χ3v) is 6.77. The molecule has 2 heterocycles. The molecular formula is C20H16BrCl2N3O2S. The number of nitrogens with zero attached hydrogens (tertiary/aromatic N) is 3. The van der Waals surface area contributed by atoms with Crippen molar-refractivity contribution in [1.82, 2.24) is 9.55 Å². The quantitative estimate of drug-likeness (QED) is 0.444. The molecule has 4 rings (SSSR count). The summed E-state index contributed by atoms with van der Waals surface area (Å²) in [5.74, 6) is 0.215.